The van der Waals surface area contributed by atoms with Crippen LogP contribution in [0.3, 0.4) is 0 Å². The lowest BCUT2D eigenvalue weighted by atomic mass is 9.87. The van der Waals surface area contributed by atoms with E-state index >= 15 is 0 Å². The second-order valence-corrected chi connectivity index (χ2v) is 4.42. The topological polar surface area (TPSA) is 21.3 Å². The lowest BCUT2D eigenvalue weighted by molar-refractivity contribution is 0.0108. The van der Waals surface area contributed by atoms with Gasteiger partial charge >= 0.3 is 0 Å². The summed E-state index contributed by atoms with van der Waals surface area (Å²) in [6.07, 6.45) is 2.86. The third-order valence-electron chi connectivity index (χ3n) is 2.07. The first kappa shape index (κ1) is 9.01. The standard InChI is InChI=1S/C9H19NO/c1-9(2,3)10-7-5-8(6-7)11-4/h7-8,10H,5-6H2,1-4H3/t7-,8-. The van der Waals surface area contributed by atoms with E-state index in [1.54, 1.807) is 7.11 Å². The zero-order valence-electron chi connectivity index (χ0n) is 7.98. The van der Waals surface area contributed by atoms with Crippen molar-refractivity contribution in [2.75, 3.05) is 7.11 Å². The molecule has 1 rings (SSSR count). The molecule has 0 aromatic heterocycles. The number of methoxy groups -OCH3 is 1. The summed E-state index contributed by atoms with van der Waals surface area (Å²) in [6, 6.07) is 0.681. The van der Waals surface area contributed by atoms with Gasteiger partial charge in [0.15, 0.2) is 0 Å². The molecule has 0 bridgehead atoms. The van der Waals surface area contributed by atoms with E-state index in [9.17, 15) is 0 Å². The molecule has 2 nitrogen and oxygen atoms in total. The van der Waals surface area contributed by atoms with Crippen molar-refractivity contribution in [3.05, 3.63) is 0 Å². The maximum absolute atomic E-state index is 5.19. The highest BCUT2D eigenvalue weighted by Gasteiger charge is 2.31. The summed E-state index contributed by atoms with van der Waals surface area (Å²) in [5.74, 6) is 0. The van der Waals surface area contributed by atoms with Gasteiger partial charge in [-0.1, -0.05) is 0 Å². The fourth-order valence-corrected chi connectivity index (χ4v) is 1.49. The number of hydrogen-bond donors (Lipinski definition) is 1. The van der Waals surface area contributed by atoms with Gasteiger partial charge in [0.25, 0.3) is 0 Å². The van der Waals surface area contributed by atoms with E-state index in [-0.39, 0.29) is 5.54 Å². The third kappa shape index (κ3) is 2.80. The lowest BCUT2D eigenvalue weighted by Crippen LogP contribution is -2.52. The highest BCUT2D eigenvalue weighted by molar-refractivity contribution is 4.89. The summed E-state index contributed by atoms with van der Waals surface area (Å²) < 4.78 is 5.19. The first-order valence-corrected chi connectivity index (χ1v) is 4.32. The van der Waals surface area contributed by atoms with Gasteiger partial charge in [-0.3, -0.25) is 0 Å². The average molecular weight is 157 g/mol. The van der Waals surface area contributed by atoms with Crippen LogP contribution in [0.15, 0.2) is 0 Å². The summed E-state index contributed by atoms with van der Waals surface area (Å²) in [5.41, 5.74) is 0.253. The van der Waals surface area contributed by atoms with Crippen molar-refractivity contribution in [2.45, 2.75) is 51.3 Å². The van der Waals surface area contributed by atoms with E-state index in [2.05, 4.69) is 26.1 Å². The van der Waals surface area contributed by atoms with Crippen molar-refractivity contribution < 1.29 is 4.74 Å². The van der Waals surface area contributed by atoms with Crippen LogP contribution < -0.4 is 5.32 Å². The van der Waals surface area contributed by atoms with Gasteiger partial charge in [0, 0.05) is 18.7 Å². The molecule has 0 unspecified atom stereocenters. The Kier molecular flexibility index (Phi) is 2.55. The van der Waals surface area contributed by atoms with E-state index in [1.807, 2.05) is 0 Å². The summed E-state index contributed by atoms with van der Waals surface area (Å²) >= 11 is 0. The SMILES string of the molecule is CO[C@H]1C[C@H](NC(C)(C)C)C1. The first-order chi connectivity index (χ1) is 5.01. The van der Waals surface area contributed by atoms with Crippen LogP contribution in [-0.2, 0) is 4.74 Å². The number of hydrogen-bond acceptors (Lipinski definition) is 2. The van der Waals surface area contributed by atoms with Gasteiger partial charge < -0.3 is 10.1 Å². The van der Waals surface area contributed by atoms with E-state index < -0.39 is 0 Å². The Bertz CT molecular complexity index is 122. The first-order valence-electron chi connectivity index (χ1n) is 4.32. The maximum Gasteiger partial charge on any atom is 0.0601 e. The second kappa shape index (κ2) is 3.11. The van der Waals surface area contributed by atoms with Crippen molar-refractivity contribution >= 4 is 0 Å². The molecular formula is C9H19NO. The van der Waals surface area contributed by atoms with Gasteiger partial charge in [-0.15, -0.1) is 0 Å². The van der Waals surface area contributed by atoms with E-state index in [0.717, 1.165) is 0 Å². The van der Waals surface area contributed by atoms with Crippen molar-refractivity contribution in [3.63, 3.8) is 0 Å². The Labute approximate surface area is 69.3 Å². The van der Waals surface area contributed by atoms with E-state index in [1.165, 1.54) is 12.8 Å². The molecule has 1 N–H and O–H groups in total. The number of nitrogens with one attached hydrogen (secondary N) is 1. The molecule has 0 saturated heterocycles. The quantitative estimate of drug-likeness (QED) is 0.656. The number of rotatable bonds is 2. The van der Waals surface area contributed by atoms with Crippen molar-refractivity contribution in [1.82, 2.24) is 5.32 Å². The largest absolute Gasteiger partial charge is 0.381 e. The second-order valence-electron chi connectivity index (χ2n) is 4.42. The molecule has 0 aromatic carbocycles. The van der Waals surface area contributed by atoms with Crippen LogP contribution in [0.4, 0.5) is 0 Å². The van der Waals surface area contributed by atoms with Crippen LogP contribution in [0, 0.1) is 0 Å². The van der Waals surface area contributed by atoms with Crippen LogP contribution >= 0.6 is 0 Å². The molecule has 1 aliphatic carbocycles. The Morgan fingerprint density at radius 2 is 1.82 bits per heavy atom. The molecule has 0 aliphatic heterocycles. The van der Waals surface area contributed by atoms with E-state index in [4.69, 9.17) is 4.74 Å². The highest BCUT2D eigenvalue weighted by Crippen LogP contribution is 2.24. The molecule has 2 heteroatoms. The zero-order valence-corrected chi connectivity index (χ0v) is 7.98. The zero-order chi connectivity index (χ0) is 8.48. The number of ether oxygens (including phenoxy) is 1. The summed E-state index contributed by atoms with van der Waals surface area (Å²) in [4.78, 5) is 0. The Morgan fingerprint density at radius 3 is 2.18 bits per heavy atom. The van der Waals surface area contributed by atoms with E-state index in [0.29, 0.717) is 12.1 Å². The summed E-state index contributed by atoms with van der Waals surface area (Å²) in [7, 11) is 1.79. The fraction of sp³-hybridized carbons (Fsp3) is 1.00. The molecular weight excluding hydrogens is 138 g/mol. The fourth-order valence-electron chi connectivity index (χ4n) is 1.49. The highest BCUT2D eigenvalue weighted by atomic mass is 16.5. The molecule has 1 aliphatic rings. The third-order valence-corrected chi connectivity index (χ3v) is 2.07. The molecule has 0 heterocycles. The molecule has 0 radical (unpaired) electrons. The lowest BCUT2D eigenvalue weighted by Gasteiger charge is -2.39. The minimum atomic E-state index is 0.253. The van der Waals surface area contributed by atoms with Gasteiger partial charge in [-0.2, -0.15) is 0 Å². The molecule has 0 amide bonds. The van der Waals surface area contributed by atoms with Gasteiger partial charge in [0.05, 0.1) is 6.10 Å². The summed E-state index contributed by atoms with van der Waals surface area (Å²) in [6.45, 7) is 6.60. The Balaban J connectivity index is 2.14. The molecule has 66 valence electrons. The molecule has 0 atom stereocenters. The van der Waals surface area contributed by atoms with Crippen LogP contribution in [0.5, 0.6) is 0 Å². The van der Waals surface area contributed by atoms with Gasteiger partial charge in [0.2, 0.25) is 0 Å². The average Bonchev–Trinajstić information content (AvgIpc) is 1.75. The minimum Gasteiger partial charge on any atom is -0.381 e. The van der Waals surface area contributed by atoms with Gasteiger partial charge in [0.1, 0.15) is 0 Å². The van der Waals surface area contributed by atoms with Gasteiger partial charge in [-0.05, 0) is 33.6 Å². The van der Waals surface area contributed by atoms with Gasteiger partial charge in [-0.25, -0.2) is 0 Å². The monoisotopic (exact) mass is 157 g/mol. The van der Waals surface area contributed by atoms with Crippen LogP contribution in [0.25, 0.3) is 0 Å². The maximum atomic E-state index is 5.19. The van der Waals surface area contributed by atoms with Crippen LogP contribution in [0.2, 0.25) is 0 Å². The summed E-state index contributed by atoms with van der Waals surface area (Å²) in [5, 5.41) is 3.54. The molecule has 1 saturated carbocycles. The predicted octanol–water partition coefficient (Wildman–Crippen LogP) is 1.55. The molecule has 0 spiro atoms. The van der Waals surface area contributed by atoms with Crippen LogP contribution in [0.1, 0.15) is 33.6 Å². The van der Waals surface area contributed by atoms with Crippen LogP contribution in [-0.4, -0.2) is 24.8 Å². The normalized spacial score (nSPS) is 31.6. The van der Waals surface area contributed by atoms with Crippen molar-refractivity contribution in [2.24, 2.45) is 0 Å². The minimum absolute atomic E-state index is 0.253. The van der Waals surface area contributed by atoms with Crippen molar-refractivity contribution in [3.8, 4) is 0 Å². The molecule has 11 heavy (non-hydrogen) atoms. The Hall–Kier alpha value is -0.0800. The molecule has 1 fully saturated rings. The smallest absolute Gasteiger partial charge is 0.0601 e. The molecule has 0 aromatic rings. The predicted molar refractivity (Wildman–Crippen MR) is 46.7 cm³/mol. The van der Waals surface area contributed by atoms with Crippen molar-refractivity contribution in [1.29, 1.82) is 0 Å². The Morgan fingerprint density at radius 1 is 1.27 bits per heavy atom.